The van der Waals surface area contributed by atoms with Gasteiger partial charge < -0.3 is 10.6 Å². The Morgan fingerprint density at radius 1 is 1.21 bits per heavy atom. The van der Waals surface area contributed by atoms with Gasteiger partial charge in [-0.3, -0.25) is 4.79 Å². The molecule has 0 bridgehead atoms. The summed E-state index contributed by atoms with van der Waals surface area (Å²) in [6, 6.07) is 6.38. The second kappa shape index (κ2) is 9.36. The number of rotatable bonds is 6. The molecule has 0 aromatic heterocycles. The molecule has 1 saturated heterocycles. The zero-order valence-corrected chi connectivity index (χ0v) is 15.8. The van der Waals surface area contributed by atoms with E-state index < -0.39 is 10.0 Å². The molecule has 24 heavy (non-hydrogen) atoms. The Balaban J connectivity index is 0.00000288. The summed E-state index contributed by atoms with van der Waals surface area (Å²) in [6.07, 6.45) is 2.15. The van der Waals surface area contributed by atoms with Crippen LogP contribution in [0.4, 0.5) is 5.69 Å². The SMILES string of the molecule is CCC(=O)Nc1ccc(S(=O)(=O)N2CCC(CNC)CC2)cc1.Cl. The van der Waals surface area contributed by atoms with Gasteiger partial charge in [0, 0.05) is 25.2 Å². The number of hydrogen-bond donors (Lipinski definition) is 2. The number of anilines is 1. The zero-order chi connectivity index (χ0) is 16.9. The molecule has 136 valence electrons. The van der Waals surface area contributed by atoms with E-state index in [0.29, 0.717) is 31.1 Å². The van der Waals surface area contributed by atoms with E-state index in [1.165, 1.54) is 0 Å². The maximum absolute atomic E-state index is 12.7. The first-order chi connectivity index (χ1) is 11.0. The van der Waals surface area contributed by atoms with Gasteiger partial charge in [0.05, 0.1) is 4.90 Å². The lowest BCUT2D eigenvalue weighted by molar-refractivity contribution is -0.115. The summed E-state index contributed by atoms with van der Waals surface area (Å²) in [5, 5.41) is 5.86. The van der Waals surface area contributed by atoms with Crippen molar-refractivity contribution in [1.82, 2.24) is 9.62 Å². The quantitative estimate of drug-likeness (QED) is 0.797. The van der Waals surface area contributed by atoms with Crippen molar-refractivity contribution < 1.29 is 13.2 Å². The first-order valence-corrected chi connectivity index (χ1v) is 9.46. The van der Waals surface area contributed by atoms with Gasteiger partial charge in [0.15, 0.2) is 0 Å². The molecular formula is C16H26ClN3O3S. The van der Waals surface area contributed by atoms with Gasteiger partial charge >= 0.3 is 0 Å². The number of sulfonamides is 1. The number of carbonyl (C=O) groups excluding carboxylic acids is 1. The number of nitrogens with one attached hydrogen (secondary N) is 2. The Hall–Kier alpha value is -1.15. The molecule has 0 spiro atoms. The lowest BCUT2D eigenvalue weighted by Crippen LogP contribution is -2.40. The smallest absolute Gasteiger partial charge is 0.243 e. The molecule has 0 atom stereocenters. The molecule has 0 unspecified atom stereocenters. The highest BCUT2D eigenvalue weighted by atomic mass is 35.5. The van der Waals surface area contributed by atoms with Gasteiger partial charge in [-0.1, -0.05) is 6.92 Å². The van der Waals surface area contributed by atoms with Crippen molar-refractivity contribution in [1.29, 1.82) is 0 Å². The molecule has 8 heteroatoms. The third-order valence-electron chi connectivity index (χ3n) is 4.16. The number of amides is 1. The lowest BCUT2D eigenvalue weighted by atomic mass is 9.98. The van der Waals surface area contributed by atoms with Crippen LogP contribution in [0.25, 0.3) is 0 Å². The molecule has 2 N–H and O–H groups in total. The van der Waals surface area contributed by atoms with Crippen LogP contribution in [-0.2, 0) is 14.8 Å². The van der Waals surface area contributed by atoms with E-state index in [1.807, 2.05) is 7.05 Å². The van der Waals surface area contributed by atoms with E-state index in [1.54, 1.807) is 35.5 Å². The van der Waals surface area contributed by atoms with Gasteiger partial charge in [0.25, 0.3) is 0 Å². The van der Waals surface area contributed by atoms with Crippen LogP contribution in [0, 0.1) is 5.92 Å². The van der Waals surface area contributed by atoms with Gasteiger partial charge in [-0.05, 0) is 56.6 Å². The number of benzene rings is 1. The number of hydrogen-bond acceptors (Lipinski definition) is 4. The highest BCUT2D eigenvalue weighted by molar-refractivity contribution is 7.89. The highest BCUT2D eigenvalue weighted by Gasteiger charge is 2.29. The highest BCUT2D eigenvalue weighted by Crippen LogP contribution is 2.24. The van der Waals surface area contributed by atoms with Crippen LogP contribution in [0.3, 0.4) is 0 Å². The van der Waals surface area contributed by atoms with E-state index in [2.05, 4.69) is 10.6 Å². The van der Waals surface area contributed by atoms with Gasteiger partial charge in [-0.2, -0.15) is 4.31 Å². The second-order valence-electron chi connectivity index (χ2n) is 5.83. The van der Waals surface area contributed by atoms with Crippen molar-refractivity contribution in [2.75, 3.05) is 32.0 Å². The normalized spacial score (nSPS) is 16.4. The van der Waals surface area contributed by atoms with Gasteiger partial charge in [-0.15, -0.1) is 12.4 Å². The average Bonchev–Trinajstić information content (AvgIpc) is 2.56. The van der Waals surface area contributed by atoms with Crippen molar-refractivity contribution in [3.63, 3.8) is 0 Å². The van der Waals surface area contributed by atoms with Gasteiger partial charge in [-0.25, -0.2) is 8.42 Å². The lowest BCUT2D eigenvalue weighted by Gasteiger charge is -2.31. The maximum Gasteiger partial charge on any atom is 0.243 e. The second-order valence-corrected chi connectivity index (χ2v) is 7.77. The molecule has 2 rings (SSSR count). The predicted octanol–water partition coefficient (Wildman–Crippen LogP) is 2.08. The van der Waals surface area contributed by atoms with Crippen molar-refractivity contribution in [2.24, 2.45) is 5.92 Å². The first kappa shape index (κ1) is 20.9. The van der Waals surface area contributed by atoms with Crippen LogP contribution in [0.5, 0.6) is 0 Å². The van der Waals surface area contributed by atoms with Crippen molar-refractivity contribution in [2.45, 2.75) is 31.1 Å². The molecule has 1 aromatic carbocycles. The first-order valence-electron chi connectivity index (χ1n) is 8.02. The van der Waals surface area contributed by atoms with Crippen molar-refractivity contribution >= 4 is 34.0 Å². The Labute approximate surface area is 150 Å². The minimum atomic E-state index is -3.45. The summed E-state index contributed by atoms with van der Waals surface area (Å²) < 4.78 is 26.9. The Morgan fingerprint density at radius 3 is 2.29 bits per heavy atom. The fourth-order valence-corrected chi connectivity index (χ4v) is 4.22. The van der Waals surface area contributed by atoms with Crippen LogP contribution in [0.15, 0.2) is 29.2 Å². The molecular weight excluding hydrogens is 350 g/mol. The van der Waals surface area contributed by atoms with Crippen molar-refractivity contribution in [3.8, 4) is 0 Å². The summed E-state index contributed by atoms with van der Waals surface area (Å²) >= 11 is 0. The van der Waals surface area contributed by atoms with Crippen molar-refractivity contribution in [3.05, 3.63) is 24.3 Å². The van der Waals surface area contributed by atoms with Crippen LogP contribution in [-0.4, -0.2) is 45.3 Å². The minimum Gasteiger partial charge on any atom is -0.326 e. The largest absolute Gasteiger partial charge is 0.326 e. The van der Waals surface area contributed by atoms with Gasteiger partial charge in [0.1, 0.15) is 0 Å². The molecule has 6 nitrogen and oxygen atoms in total. The number of carbonyl (C=O) groups is 1. The minimum absolute atomic E-state index is 0. The van der Waals surface area contributed by atoms with E-state index in [0.717, 1.165) is 19.4 Å². The Morgan fingerprint density at radius 2 is 1.79 bits per heavy atom. The van der Waals surface area contributed by atoms with E-state index >= 15 is 0 Å². The monoisotopic (exact) mass is 375 g/mol. The molecule has 1 aliphatic heterocycles. The summed E-state index contributed by atoms with van der Waals surface area (Å²) in [6.45, 7) is 3.82. The Bertz CT molecular complexity index is 626. The van der Waals surface area contributed by atoms with Crippen LogP contribution in [0.2, 0.25) is 0 Å². The maximum atomic E-state index is 12.7. The predicted molar refractivity (Wildman–Crippen MR) is 98.0 cm³/mol. The van der Waals surface area contributed by atoms with E-state index in [9.17, 15) is 13.2 Å². The fraction of sp³-hybridized carbons (Fsp3) is 0.562. The fourth-order valence-electron chi connectivity index (χ4n) is 2.75. The summed E-state index contributed by atoms with van der Waals surface area (Å²) in [7, 11) is -1.53. The average molecular weight is 376 g/mol. The number of halogens is 1. The summed E-state index contributed by atoms with van der Waals surface area (Å²) in [5.74, 6) is 0.449. The van der Waals surface area contributed by atoms with Gasteiger partial charge in [0.2, 0.25) is 15.9 Å². The van der Waals surface area contributed by atoms with Crippen LogP contribution >= 0.6 is 12.4 Å². The number of piperidine rings is 1. The Kier molecular flexibility index (Phi) is 8.15. The molecule has 1 aromatic rings. The topological polar surface area (TPSA) is 78.5 Å². The molecule has 1 fully saturated rings. The van der Waals surface area contributed by atoms with E-state index in [-0.39, 0.29) is 23.2 Å². The summed E-state index contributed by atoms with van der Waals surface area (Å²) in [5.41, 5.74) is 0.614. The molecule has 0 aliphatic carbocycles. The summed E-state index contributed by atoms with van der Waals surface area (Å²) in [4.78, 5) is 11.6. The third-order valence-corrected chi connectivity index (χ3v) is 6.08. The third kappa shape index (κ3) is 5.17. The van der Waals surface area contributed by atoms with E-state index in [4.69, 9.17) is 0 Å². The zero-order valence-electron chi connectivity index (χ0n) is 14.1. The molecule has 1 heterocycles. The molecule has 0 radical (unpaired) electrons. The molecule has 1 aliphatic rings. The standard InChI is InChI=1S/C16H25N3O3S.ClH/c1-3-16(20)18-14-4-6-15(7-5-14)23(21,22)19-10-8-13(9-11-19)12-17-2;/h4-7,13,17H,3,8-12H2,1-2H3,(H,18,20);1H. The molecule has 1 amide bonds. The molecule has 0 saturated carbocycles. The van der Waals surface area contributed by atoms with Crippen LogP contribution < -0.4 is 10.6 Å². The number of nitrogens with zero attached hydrogens (tertiary/aromatic N) is 1. The van der Waals surface area contributed by atoms with Crippen LogP contribution in [0.1, 0.15) is 26.2 Å².